The summed E-state index contributed by atoms with van der Waals surface area (Å²) in [7, 11) is 0. The zero-order valence-electron chi connectivity index (χ0n) is 11.9. The summed E-state index contributed by atoms with van der Waals surface area (Å²) in [5.41, 5.74) is 0. The molecule has 3 atom stereocenters. The van der Waals surface area contributed by atoms with Gasteiger partial charge < -0.3 is 0 Å². The maximum absolute atomic E-state index is 2.69. The lowest BCUT2D eigenvalue weighted by atomic mass is 9.95. The topological polar surface area (TPSA) is 3.24 Å². The molecular weight excluding hydrogens is 182 g/mol. The fourth-order valence-electron chi connectivity index (χ4n) is 2.09. The van der Waals surface area contributed by atoms with Gasteiger partial charge in [-0.2, -0.15) is 0 Å². The van der Waals surface area contributed by atoms with Gasteiger partial charge in [0.25, 0.3) is 0 Å². The van der Waals surface area contributed by atoms with Gasteiger partial charge in [0.05, 0.1) is 0 Å². The van der Waals surface area contributed by atoms with E-state index < -0.39 is 0 Å². The molecule has 0 saturated heterocycles. The van der Waals surface area contributed by atoms with Crippen molar-refractivity contribution in [3.05, 3.63) is 0 Å². The smallest absolute Gasteiger partial charge is 0.00953 e. The standard InChI is InChI=1S/C14H31N/c1-8-10-15(13(6)11(3)4)14(7)12(5)9-2/h11-14H,8-10H2,1-7H3. The molecule has 0 saturated carbocycles. The molecule has 0 fully saturated rings. The van der Waals surface area contributed by atoms with Crippen molar-refractivity contribution < 1.29 is 0 Å². The van der Waals surface area contributed by atoms with Crippen molar-refractivity contribution in [3.8, 4) is 0 Å². The summed E-state index contributed by atoms with van der Waals surface area (Å²) in [6.07, 6.45) is 2.55. The van der Waals surface area contributed by atoms with Gasteiger partial charge in [0.1, 0.15) is 0 Å². The Labute approximate surface area is 97.2 Å². The summed E-state index contributed by atoms with van der Waals surface area (Å²) < 4.78 is 0. The first-order valence-corrected chi connectivity index (χ1v) is 6.71. The predicted octanol–water partition coefficient (Wildman–Crippen LogP) is 4.18. The number of hydrogen-bond acceptors (Lipinski definition) is 1. The highest BCUT2D eigenvalue weighted by Gasteiger charge is 2.24. The van der Waals surface area contributed by atoms with Gasteiger partial charge in [-0.15, -0.1) is 0 Å². The molecule has 3 unspecified atom stereocenters. The van der Waals surface area contributed by atoms with Gasteiger partial charge in [0, 0.05) is 12.1 Å². The molecule has 0 bridgehead atoms. The first-order valence-electron chi connectivity index (χ1n) is 6.71. The second kappa shape index (κ2) is 7.27. The lowest BCUT2D eigenvalue weighted by molar-refractivity contribution is 0.0887. The van der Waals surface area contributed by atoms with Gasteiger partial charge in [-0.25, -0.2) is 0 Å². The minimum Gasteiger partial charge on any atom is -0.297 e. The third kappa shape index (κ3) is 4.55. The minimum absolute atomic E-state index is 0.703. The summed E-state index contributed by atoms with van der Waals surface area (Å²) in [5, 5.41) is 0. The monoisotopic (exact) mass is 213 g/mol. The van der Waals surface area contributed by atoms with E-state index in [-0.39, 0.29) is 0 Å². The number of hydrogen-bond donors (Lipinski definition) is 0. The first-order chi connectivity index (χ1) is 6.95. The van der Waals surface area contributed by atoms with Crippen LogP contribution in [0.4, 0.5) is 0 Å². The van der Waals surface area contributed by atoms with Gasteiger partial charge in [0.15, 0.2) is 0 Å². The molecule has 0 rings (SSSR count). The Hall–Kier alpha value is -0.0400. The van der Waals surface area contributed by atoms with Crippen molar-refractivity contribution in [1.29, 1.82) is 0 Å². The highest BCUT2D eigenvalue weighted by atomic mass is 15.2. The van der Waals surface area contributed by atoms with Crippen LogP contribution >= 0.6 is 0 Å². The molecule has 1 heteroatoms. The van der Waals surface area contributed by atoms with E-state index in [1.54, 1.807) is 0 Å². The van der Waals surface area contributed by atoms with Gasteiger partial charge in [0.2, 0.25) is 0 Å². The first kappa shape index (κ1) is 15.0. The highest BCUT2D eigenvalue weighted by molar-refractivity contribution is 4.78. The van der Waals surface area contributed by atoms with E-state index in [0.29, 0.717) is 12.1 Å². The van der Waals surface area contributed by atoms with E-state index in [4.69, 9.17) is 0 Å². The van der Waals surface area contributed by atoms with E-state index in [1.807, 2.05) is 0 Å². The van der Waals surface area contributed by atoms with Crippen LogP contribution < -0.4 is 0 Å². The fraction of sp³-hybridized carbons (Fsp3) is 1.00. The molecule has 0 aliphatic rings. The van der Waals surface area contributed by atoms with Crippen molar-refractivity contribution in [2.24, 2.45) is 11.8 Å². The molecule has 15 heavy (non-hydrogen) atoms. The molecule has 0 radical (unpaired) electrons. The van der Waals surface area contributed by atoms with Crippen LogP contribution in [0.15, 0.2) is 0 Å². The molecule has 1 nitrogen and oxygen atoms in total. The van der Waals surface area contributed by atoms with Crippen molar-refractivity contribution in [2.75, 3.05) is 6.54 Å². The van der Waals surface area contributed by atoms with Crippen LogP contribution in [0.5, 0.6) is 0 Å². The van der Waals surface area contributed by atoms with Crippen LogP contribution in [0.2, 0.25) is 0 Å². The van der Waals surface area contributed by atoms with E-state index in [2.05, 4.69) is 53.4 Å². The van der Waals surface area contributed by atoms with Crippen LogP contribution in [-0.4, -0.2) is 23.5 Å². The molecule has 0 amide bonds. The minimum atomic E-state index is 0.703. The predicted molar refractivity (Wildman–Crippen MR) is 70.2 cm³/mol. The van der Waals surface area contributed by atoms with E-state index in [0.717, 1.165) is 11.8 Å². The van der Waals surface area contributed by atoms with Crippen molar-refractivity contribution in [1.82, 2.24) is 4.90 Å². The van der Waals surface area contributed by atoms with Crippen LogP contribution in [0.1, 0.15) is 61.3 Å². The number of rotatable bonds is 7. The summed E-state index contributed by atoms with van der Waals surface area (Å²) in [6, 6.07) is 1.42. The summed E-state index contributed by atoms with van der Waals surface area (Å²) >= 11 is 0. The highest BCUT2D eigenvalue weighted by Crippen LogP contribution is 2.20. The Kier molecular flexibility index (Phi) is 7.25. The molecule has 0 heterocycles. The average molecular weight is 213 g/mol. The summed E-state index contributed by atoms with van der Waals surface area (Å²) in [4.78, 5) is 2.69. The summed E-state index contributed by atoms with van der Waals surface area (Å²) in [5.74, 6) is 1.56. The molecule has 0 aromatic rings. The van der Waals surface area contributed by atoms with Gasteiger partial charge >= 0.3 is 0 Å². The van der Waals surface area contributed by atoms with Crippen LogP contribution in [0.25, 0.3) is 0 Å². The second-order valence-electron chi connectivity index (χ2n) is 5.35. The Morgan fingerprint density at radius 2 is 1.40 bits per heavy atom. The van der Waals surface area contributed by atoms with Gasteiger partial charge in [-0.1, -0.05) is 41.0 Å². The zero-order chi connectivity index (χ0) is 12.0. The molecule has 0 aromatic heterocycles. The normalized spacial score (nSPS) is 18.2. The van der Waals surface area contributed by atoms with Gasteiger partial charge in [-0.3, -0.25) is 4.90 Å². The Balaban J connectivity index is 4.49. The van der Waals surface area contributed by atoms with E-state index in [1.165, 1.54) is 19.4 Å². The summed E-state index contributed by atoms with van der Waals surface area (Å²) in [6.45, 7) is 17.6. The van der Waals surface area contributed by atoms with Crippen LogP contribution in [-0.2, 0) is 0 Å². The quantitative estimate of drug-likeness (QED) is 0.613. The molecule has 0 aliphatic carbocycles. The Bertz CT molecular complexity index is 153. The molecule has 0 aromatic carbocycles. The third-order valence-electron chi connectivity index (χ3n) is 3.96. The third-order valence-corrected chi connectivity index (χ3v) is 3.96. The van der Waals surface area contributed by atoms with Crippen LogP contribution in [0.3, 0.4) is 0 Å². The van der Waals surface area contributed by atoms with E-state index >= 15 is 0 Å². The molecular formula is C14H31N. The lowest BCUT2D eigenvalue weighted by Gasteiger charge is -2.39. The zero-order valence-corrected chi connectivity index (χ0v) is 11.9. The van der Waals surface area contributed by atoms with Crippen molar-refractivity contribution in [3.63, 3.8) is 0 Å². The molecule has 0 aliphatic heterocycles. The Morgan fingerprint density at radius 1 is 0.867 bits per heavy atom. The van der Waals surface area contributed by atoms with Crippen molar-refractivity contribution in [2.45, 2.75) is 73.4 Å². The Morgan fingerprint density at radius 3 is 1.73 bits per heavy atom. The van der Waals surface area contributed by atoms with Crippen LogP contribution in [0, 0.1) is 11.8 Å². The maximum atomic E-state index is 2.69. The van der Waals surface area contributed by atoms with E-state index in [9.17, 15) is 0 Å². The fourth-order valence-corrected chi connectivity index (χ4v) is 2.09. The van der Waals surface area contributed by atoms with Gasteiger partial charge in [-0.05, 0) is 38.6 Å². The largest absolute Gasteiger partial charge is 0.297 e. The SMILES string of the molecule is CCCN(C(C)C(C)C)C(C)C(C)CC. The average Bonchev–Trinajstić information content (AvgIpc) is 2.22. The second-order valence-corrected chi connectivity index (χ2v) is 5.35. The molecule has 0 N–H and O–H groups in total. The molecule has 92 valence electrons. The van der Waals surface area contributed by atoms with Crippen molar-refractivity contribution >= 4 is 0 Å². The number of nitrogens with zero attached hydrogens (tertiary/aromatic N) is 1. The maximum Gasteiger partial charge on any atom is 0.00953 e. The molecule has 0 spiro atoms. The lowest BCUT2D eigenvalue weighted by Crippen LogP contribution is -2.46.